The Morgan fingerprint density at radius 2 is 1.46 bits per heavy atom. The molecule has 5 N–H and O–H groups in total. The Balaban J connectivity index is 1.80. The molecule has 10 nitrogen and oxygen atoms in total. The lowest BCUT2D eigenvalue weighted by Crippen LogP contribution is -2.57. The summed E-state index contributed by atoms with van der Waals surface area (Å²) >= 11 is 0. The molecule has 0 aliphatic carbocycles. The molecule has 0 saturated heterocycles. The fourth-order valence-corrected chi connectivity index (χ4v) is 5.71. The molecule has 0 heterocycles. The van der Waals surface area contributed by atoms with Crippen LogP contribution in [0.15, 0.2) is 72.8 Å². The van der Waals surface area contributed by atoms with E-state index in [4.69, 9.17) is 4.74 Å². The van der Waals surface area contributed by atoms with Gasteiger partial charge < -0.3 is 31.1 Å². The van der Waals surface area contributed by atoms with Gasteiger partial charge in [-0.2, -0.15) is 0 Å². The van der Waals surface area contributed by atoms with Crippen LogP contribution in [0.1, 0.15) is 84.3 Å². The smallest absolute Gasteiger partial charge is 0.408 e. The third-order valence-electron chi connectivity index (χ3n) is 9.32. The first-order valence-electron chi connectivity index (χ1n) is 18.0. The molecule has 6 atom stereocenters. The Morgan fingerprint density at radius 3 is 2.16 bits per heavy atom. The van der Waals surface area contributed by atoms with Crippen LogP contribution in [0, 0.1) is 11.8 Å². The third kappa shape index (κ3) is 12.8. The summed E-state index contributed by atoms with van der Waals surface area (Å²) in [5.41, 5.74) is 1.66. The van der Waals surface area contributed by atoms with E-state index >= 15 is 0 Å². The van der Waals surface area contributed by atoms with Crippen LogP contribution < -0.4 is 21.3 Å². The molecule has 3 aromatic rings. The van der Waals surface area contributed by atoms with E-state index in [0.29, 0.717) is 31.7 Å². The number of hydrogen-bond donors (Lipinski definition) is 5. The number of carbonyl (C=O) groups is 4. The summed E-state index contributed by atoms with van der Waals surface area (Å²) in [5, 5.41) is 24.6. The summed E-state index contributed by atoms with van der Waals surface area (Å²) < 4.78 is 5.47. The Kier molecular flexibility index (Phi) is 16.7. The first-order chi connectivity index (χ1) is 24.1. The van der Waals surface area contributed by atoms with E-state index in [1.807, 2.05) is 107 Å². The van der Waals surface area contributed by atoms with Gasteiger partial charge in [-0.25, -0.2) is 4.79 Å². The molecule has 0 aliphatic heterocycles. The van der Waals surface area contributed by atoms with Gasteiger partial charge >= 0.3 is 6.09 Å². The number of hydrogen-bond acceptors (Lipinski definition) is 6. The topological polar surface area (TPSA) is 146 Å². The van der Waals surface area contributed by atoms with Gasteiger partial charge in [0.2, 0.25) is 17.7 Å². The van der Waals surface area contributed by atoms with Gasteiger partial charge in [0.25, 0.3) is 0 Å². The fourth-order valence-electron chi connectivity index (χ4n) is 5.71. The Bertz CT molecular complexity index is 1510. The zero-order valence-electron chi connectivity index (χ0n) is 30.2. The molecular weight excluding hydrogens is 632 g/mol. The van der Waals surface area contributed by atoms with Crippen molar-refractivity contribution in [1.82, 2.24) is 21.3 Å². The standard InChI is InChI=1S/C40H56N4O6/c1-6-9-22-33(38(47)44-37(28(5)8-3)35(45)24-36(46)41-25-27(4)7-2)42-39(48)34(43-40(49)50-26-29-16-11-10-12-17-29)23-31-20-15-19-30-18-13-14-21-32(30)31/h10-21,27-28,33-35,37,45H,6-9,22-26H2,1-5H3,(H,41,46)(H,42,48)(H,43,49)(H,44,47)/t27?,28?,33-,34-,35?,37?/m0/s1. The summed E-state index contributed by atoms with van der Waals surface area (Å²) in [6.45, 7) is 10.5. The van der Waals surface area contributed by atoms with Crippen molar-refractivity contribution in [2.75, 3.05) is 6.54 Å². The molecule has 4 unspecified atom stereocenters. The molecule has 4 amide bonds. The van der Waals surface area contributed by atoms with Gasteiger partial charge in [0, 0.05) is 13.0 Å². The predicted molar refractivity (Wildman–Crippen MR) is 197 cm³/mol. The van der Waals surface area contributed by atoms with Crippen LogP contribution in [0.4, 0.5) is 4.79 Å². The molecule has 272 valence electrons. The van der Waals surface area contributed by atoms with Crippen LogP contribution >= 0.6 is 0 Å². The second kappa shape index (κ2) is 20.9. The molecule has 3 aromatic carbocycles. The molecule has 50 heavy (non-hydrogen) atoms. The first kappa shape index (κ1) is 40.0. The van der Waals surface area contributed by atoms with Crippen LogP contribution in [-0.4, -0.2) is 59.7 Å². The van der Waals surface area contributed by atoms with Crippen molar-refractivity contribution < 1.29 is 29.0 Å². The summed E-state index contributed by atoms with van der Waals surface area (Å²) in [4.78, 5) is 53.5. The number of rotatable bonds is 20. The minimum Gasteiger partial charge on any atom is -0.445 e. The van der Waals surface area contributed by atoms with E-state index in [0.717, 1.165) is 34.7 Å². The number of carbonyl (C=O) groups excluding carboxylic acids is 4. The maximum atomic E-state index is 14.0. The average molecular weight is 689 g/mol. The van der Waals surface area contributed by atoms with Crippen molar-refractivity contribution in [2.24, 2.45) is 11.8 Å². The van der Waals surface area contributed by atoms with Crippen LogP contribution in [0.2, 0.25) is 0 Å². The highest BCUT2D eigenvalue weighted by Crippen LogP contribution is 2.21. The second-order valence-corrected chi connectivity index (χ2v) is 13.3. The van der Waals surface area contributed by atoms with Crippen molar-refractivity contribution in [3.8, 4) is 0 Å². The normalized spacial score (nSPS) is 14.8. The van der Waals surface area contributed by atoms with E-state index in [1.165, 1.54) is 0 Å². The number of benzene rings is 3. The summed E-state index contributed by atoms with van der Waals surface area (Å²) in [7, 11) is 0. The highest BCUT2D eigenvalue weighted by atomic mass is 16.5. The summed E-state index contributed by atoms with van der Waals surface area (Å²) in [6.07, 6.45) is 1.52. The minimum atomic E-state index is -1.12. The second-order valence-electron chi connectivity index (χ2n) is 13.3. The maximum Gasteiger partial charge on any atom is 0.408 e. The third-order valence-corrected chi connectivity index (χ3v) is 9.32. The first-order valence-corrected chi connectivity index (χ1v) is 18.0. The van der Waals surface area contributed by atoms with Gasteiger partial charge in [-0.05, 0) is 40.2 Å². The van der Waals surface area contributed by atoms with Crippen LogP contribution in [0.5, 0.6) is 0 Å². The van der Waals surface area contributed by atoms with Crippen molar-refractivity contribution >= 4 is 34.6 Å². The number of aliphatic hydroxyl groups excluding tert-OH is 1. The van der Waals surface area contributed by atoms with E-state index in [-0.39, 0.29) is 31.3 Å². The van der Waals surface area contributed by atoms with Gasteiger partial charge in [-0.15, -0.1) is 0 Å². The van der Waals surface area contributed by atoms with Crippen LogP contribution in [0.3, 0.4) is 0 Å². The molecule has 0 aromatic heterocycles. The molecule has 0 fully saturated rings. The Labute approximate surface area is 297 Å². The van der Waals surface area contributed by atoms with Gasteiger partial charge in [0.1, 0.15) is 18.7 Å². The fraction of sp³-hybridized carbons (Fsp3) is 0.500. The Morgan fingerprint density at radius 1 is 0.780 bits per heavy atom. The minimum absolute atomic E-state index is 0.0335. The maximum absolute atomic E-state index is 14.0. The lowest BCUT2D eigenvalue weighted by Gasteiger charge is -2.31. The quantitative estimate of drug-likeness (QED) is 0.102. The Hall–Kier alpha value is -4.44. The van der Waals surface area contributed by atoms with E-state index in [2.05, 4.69) is 21.3 Å². The molecule has 0 spiro atoms. The SMILES string of the molecule is CCCC[C@H](NC(=O)[C@H](Cc1cccc2ccccc12)NC(=O)OCc1ccccc1)C(=O)NC(C(C)CC)C(O)CC(=O)NCC(C)CC. The lowest BCUT2D eigenvalue weighted by molar-refractivity contribution is -0.132. The average Bonchev–Trinajstić information content (AvgIpc) is 3.13. The number of fused-ring (bicyclic) bond motifs is 1. The zero-order valence-corrected chi connectivity index (χ0v) is 30.2. The highest BCUT2D eigenvalue weighted by molar-refractivity contribution is 5.92. The van der Waals surface area contributed by atoms with E-state index < -0.39 is 42.1 Å². The highest BCUT2D eigenvalue weighted by Gasteiger charge is 2.32. The summed E-state index contributed by atoms with van der Waals surface area (Å²) in [6, 6.07) is 20.2. The number of alkyl carbamates (subject to hydrolysis) is 1. The number of unbranched alkanes of at least 4 members (excludes halogenated alkanes) is 1. The molecule has 0 aliphatic rings. The molecule has 3 rings (SSSR count). The van der Waals surface area contributed by atoms with Gasteiger partial charge in [-0.1, -0.05) is 133 Å². The molecule has 0 radical (unpaired) electrons. The molecular formula is C40H56N4O6. The van der Waals surface area contributed by atoms with Gasteiger partial charge in [0.05, 0.1) is 18.6 Å². The van der Waals surface area contributed by atoms with E-state index in [1.54, 1.807) is 0 Å². The largest absolute Gasteiger partial charge is 0.445 e. The number of amides is 4. The number of ether oxygens (including phenoxy) is 1. The number of nitrogens with one attached hydrogen (secondary N) is 4. The molecule has 0 saturated carbocycles. The number of aliphatic hydroxyl groups is 1. The van der Waals surface area contributed by atoms with Gasteiger partial charge in [-0.3, -0.25) is 14.4 Å². The van der Waals surface area contributed by atoms with Crippen LogP contribution in [-0.2, 0) is 32.1 Å². The van der Waals surface area contributed by atoms with Crippen molar-refractivity contribution in [1.29, 1.82) is 0 Å². The van der Waals surface area contributed by atoms with Crippen LogP contribution in [0.25, 0.3) is 10.8 Å². The van der Waals surface area contributed by atoms with Crippen molar-refractivity contribution in [3.63, 3.8) is 0 Å². The van der Waals surface area contributed by atoms with E-state index in [9.17, 15) is 24.3 Å². The van der Waals surface area contributed by atoms with Crippen molar-refractivity contribution in [2.45, 2.75) is 110 Å². The monoisotopic (exact) mass is 688 g/mol. The summed E-state index contributed by atoms with van der Waals surface area (Å²) in [5.74, 6) is -1.09. The lowest BCUT2D eigenvalue weighted by atomic mass is 9.91. The predicted octanol–water partition coefficient (Wildman–Crippen LogP) is 5.80. The van der Waals surface area contributed by atoms with Crippen molar-refractivity contribution in [3.05, 3.63) is 83.9 Å². The molecule has 0 bridgehead atoms. The van der Waals surface area contributed by atoms with Gasteiger partial charge in [0.15, 0.2) is 0 Å². The zero-order chi connectivity index (χ0) is 36.5. The molecule has 10 heteroatoms.